The van der Waals surface area contributed by atoms with Crippen molar-refractivity contribution in [1.82, 2.24) is 5.32 Å². The number of fused-ring (bicyclic) bond motifs is 1. The first kappa shape index (κ1) is 14.9. The van der Waals surface area contributed by atoms with Crippen molar-refractivity contribution in [2.45, 2.75) is 31.7 Å². The summed E-state index contributed by atoms with van der Waals surface area (Å²) < 4.78 is 0. The number of rotatable bonds is 5. The smallest absolute Gasteiger partial charge is 0.0424 e. The van der Waals surface area contributed by atoms with Crippen LogP contribution in [0.2, 0.25) is 10.0 Å². The average molecular weight is 320 g/mol. The molecule has 1 nitrogen and oxygen atoms in total. The molecule has 0 bridgehead atoms. The highest BCUT2D eigenvalue weighted by Crippen LogP contribution is 2.41. The molecule has 1 aliphatic rings. The van der Waals surface area contributed by atoms with Gasteiger partial charge in [0.2, 0.25) is 0 Å². The molecule has 0 amide bonds. The van der Waals surface area contributed by atoms with E-state index in [-0.39, 0.29) is 0 Å². The number of halogens is 2. The quantitative estimate of drug-likeness (QED) is 0.780. The molecular formula is C18H19Cl2N. The van der Waals surface area contributed by atoms with Crippen molar-refractivity contribution in [2.24, 2.45) is 0 Å². The van der Waals surface area contributed by atoms with E-state index in [1.807, 2.05) is 12.1 Å². The summed E-state index contributed by atoms with van der Waals surface area (Å²) >= 11 is 12.3. The number of hydrogen-bond acceptors (Lipinski definition) is 1. The Morgan fingerprint density at radius 2 is 1.86 bits per heavy atom. The highest BCUT2D eigenvalue weighted by molar-refractivity contribution is 6.34. The maximum absolute atomic E-state index is 6.15. The lowest BCUT2D eigenvalue weighted by atomic mass is 9.74. The summed E-state index contributed by atoms with van der Waals surface area (Å²) in [5.74, 6) is 0.628. The SMILES string of the molecule is CCNC(CC1Cc2ccccc21)c1cc(Cl)cc(Cl)c1. The molecule has 2 aromatic carbocycles. The predicted molar refractivity (Wildman–Crippen MR) is 90.4 cm³/mol. The normalized spacial score (nSPS) is 18.0. The lowest BCUT2D eigenvalue weighted by Crippen LogP contribution is -2.27. The molecule has 2 unspecified atom stereocenters. The molecule has 0 spiro atoms. The first-order valence-corrected chi connectivity index (χ1v) is 8.20. The van der Waals surface area contributed by atoms with E-state index in [4.69, 9.17) is 23.2 Å². The zero-order valence-electron chi connectivity index (χ0n) is 12.1. The van der Waals surface area contributed by atoms with Gasteiger partial charge in [-0.1, -0.05) is 54.4 Å². The van der Waals surface area contributed by atoms with Crippen LogP contribution in [0, 0.1) is 0 Å². The molecule has 0 aromatic heterocycles. The molecule has 110 valence electrons. The first-order valence-electron chi connectivity index (χ1n) is 7.44. The number of nitrogens with one attached hydrogen (secondary N) is 1. The minimum Gasteiger partial charge on any atom is -0.310 e. The Labute approximate surface area is 136 Å². The zero-order valence-corrected chi connectivity index (χ0v) is 13.6. The Morgan fingerprint density at radius 3 is 2.52 bits per heavy atom. The van der Waals surface area contributed by atoms with E-state index < -0.39 is 0 Å². The Kier molecular flexibility index (Phi) is 4.54. The first-order chi connectivity index (χ1) is 10.2. The summed E-state index contributed by atoms with van der Waals surface area (Å²) in [4.78, 5) is 0. The fourth-order valence-electron chi connectivity index (χ4n) is 3.22. The molecule has 0 fully saturated rings. The van der Waals surface area contributed by atoms with Crippen LogP contribution in [-0.2, 0) is 6.42 Å². The van der Waals surface area contributed by atoms with Crippen LogP contribution in [0.25, 0.3) is 0 Å². The topological polar surface area (TPSA) is 12.0 Å². The zero-order chi connectivity index (χ0) is 14.8. The summed E-state index contributed by atoms with van der Waals surface area (Å²) in [5, 5.41) is 4.97. The molecular weight excluding hydrogens is 301 g/mol. The standard InChI is InChI=1S/C18H19Cl2N/c1-2-21-18(14-8-15(19)11-16(20)9-14)10-13-7-12-5-3-4-6-17(12)13/h3-6,8-9,11,13,18,21H,2,7,10H2,1H3. The Balaban J connectivity index is 1.80. The van der Waals surface area contributed by atoms with Gasteiger partial charge in [-0.2, -0.15) is 0 Å². The maximum atomic E-state index is 6.15. The third-order valence-corrected chi connectivity index (χ3v) is 4.66. The van der Waals surface area contributed by atoms with Crippen LogP contribution in [-0.4, -0.2) is 6.54 Å². The van der Waals surface area contributed by atoms with Gasteiger partial charge >= 0.3 is 0 Å². The monoisotopic (exact) mass is 319 g/mol. The summed E-state index contributed by atoms with van der Waals surface area (Å²) in [6.45, 7) is 3.07. The minimum absolute atomic E-state index is 0.296. The van der Waals surface area contributed by atoms with Crippen LogP contribution < -0.4 is 5.32 Å². The van der Waals surface area contributed by atoms with Crippen molar-refractivity contribution in [3.8, 4) is 0 Å². The Morgan fingerprint density at radius 1 is 1.14 bits per heavy atom. The van der Waals surface area contributed by atoms with Crippen molar-refractivity contribution in [3.63, 3.8) is 0 Å². The van der Waals surface area contributed by atoms with Gasteiger partial charge in [-0.25, -0.2) is 0 Å². The van der Waals surface area contributed by atoms with Crippen LogP contribution in [0.1, 0.15) is 42.0 Å². The molecule has 0 radical (unpaired) electrons. The van der Waals surface area contributed by atoms with Crippen LogP contribution in [0.4, 0.5) is 0 Å². The van der Waals surface area contributed by atoms with Crippen molar-refractivity contribution in [3.05, 3.63) is 69.2 Å². The Bertz CT molecular complexity index is 619. The van der Waals surface area contributed by atoms with E-state index in [0.29, 0.717) is 22.0 Å². The molecule has 3 heteroatoms. The molecule has 0 saturated carbocycles. The molecule has 3 rings (SSSR count). The van der Waals surface area contributed by atoms with Gasteiger partial charge in [-0.05, 0) is 60.2 Å². The second kappa shape index (κ2) is 6.39. The van der Waals surface area contributed by atoms with Crippen LogP contribution in [0.5, 0.6) is 0 Å². The highest BCUT2D eigenvalue weighted by Gasteiger charge is 2.28. The molecule has 0 aliphatic heterocycles. The summed E-state index contributed by atoms with van der Waals surface area (Å²) in [7, 11) is 0. The summed E-state index contributed by atoms with van der Waals surface area (Å²) in [6, 6.07) is 14.8. The number of hydrogen-bond donors (Lipinski definition) is 1. The van der Waals surface area contributed by atoms with Crippen LogP contribution >= 0.6 is 23.2 Å². The molecule has 21 heavy (non-hydrogen) atoms. The van der Waals surface area contributed by atoms with Gasteiger partial charge in [0.05, 0.1) is 0 Å². The average Bonchev–Trinajstić information content (AvgIpc) is 2.42. The third kappa shape index (κ3) is 3.26. The molecule has 2 atom stereocenters. The van der Waals surface area contributed by atoms with Gasteiger partial charge in [0.25, 0.3) is 0 Å². The molecule has 1 aliphatic carbocycles. The third-order valence-electron chi connectivity index (χ3n) is 4.22. The fraction of sp³-hybridized carbons (Fsp3) is 0.333. The summed E-state index contributed by atoms with van der Waals surface area (Å²) in [5.41, 5.74) is 4.16. The Hall–Kier alpha value is -1.02. The van der Waals surface area contributed by atoms with E-state index >= 15 is 0 Å². The van der Waals surface area contributed by atoms with E-state index in [9.17, 15) is 0 Å². The van der Waals surface area contributed by atoms with Crippen LogP contribution in [0.3, 0.4) is 0 Å². The van der Waals surface area contributed by atoms with Crippen molar-refractivity contribution >= 4 is 23.2 Å². The number of benzene rings is 2. The van der Waals surface area contributed by atoms with Gasteiger partial charge in [-0.3, -0.25) is 0 Å². The lowest BCUT2D eigenvalue weighted by molar-refractivity contribution is 0.436. The predicted octanol–water partition coefficient (Wildman–Crippen LogP) is 5.37. The van der Waals surface area contributed by atoms with E-state index in [2.05, 4.69) is 36.5 Å². The van der Waals surface area contributed by atoms with Crippen LogP contribution in [0.15, 0.2) is 42.5 Å². The van der Waals surface area contributed by atoms with Gasteiger partial charge < -0.3 is 5.32 Å². The van der Waals surface area contributed by atoms with Gasteiger partial charge in [-0.15, -0.1) is 0 Å². The van der Waals surface area contributed by atoms with E-state index in [0.717, 1.165) is 13.0 Å². The van der Waals surface area contributed by atoms with Gasteiger partial charge in [0.15, 0.2) is 0 Å². The van der Waals surface area contributed by atoms with Gasteiger partial charge in [0.1, 0.15) is 0 Å². The second-order valence-electron chi connectivity index (χ2n) is 5.65. The molecule has 0 heterocycles. The summed E-state index contributed by atoms with van der Waals surface area (Å²) in [6.07, 6.45) is 2.26. The largest absolute Gasteiger partial charge is 0.310 e. The highest BCUT2D eigenvalue weighted by atomic mass is 35.5. The van der Waals surface area contributed by atoms with E-state index in [1.165, 1.54) is 23.1 Å². The maximum Gasteiger partial charge on any atom is 0.0424 e. The van der Waals surface area contributed by atoms with E-state index in [1.54, 1.807) is 6.07 Å². The lowest BCUT2D eigenvalue weighted by Gasteiger charge is -2.33. The van der Waals surface area contributed by atoms with Gasteiger partial charge in [0, 0.05) is 16.1 Å². The van der Waals surface area contributed by atoms with Crippen molar-refractivity contribution in [1.29, 1.82) is 0 Å². The fourth-order valence-corrected chi connectivity index (χ4v) is 3.76. The van der Waals surface area contributed by atoms with Crippen molar-refractivity contribution < 1.29 is 0 Å². The molecule has 2 aromatic rings. The second-order valence-corrected chi connectivity index (χ2v) is 6.52. The minimum atomic E-state index is 0.296. The van der Waals surface area contributed by atoms with Crippen molar-refractivity contribution in [2.75, 3.05) is 6.54 Å². The molecule has 0 saturated heterocycles. The molecule has 1 N–H and O–H groups in total.